The van der Waals surface area contributed by atoms with E-state index in [1.807, 2.05) is 0 Å². The van der Waals surface area contributed by atoms with Crippen LogP contribution in [0.1, 0.15) is 32.1 Å². The lowest BCUT2D eigenvalue weighted by Crippen LogP contribution is -2.30. The minimum Gasteiger partial charge on any atom is -0.338 e. The zero-order valence-corrected chi connectivity index (χ0v) is 13.5. The van der Waals surface area contributed by atoms with Gasteiger partial charge in [0, 0.05) is 12.2 Å². The molecule has 23 heavy (non-hydrogen) atoms. The standard InChI is InChI=1S/C15H20FN3O3S/c16-12-8-13(10-14(9-12)23(17,21)22)19-15(20)18-7-6-11-4-2-1-3-5-11/h4,8-10H,1-3,5-7H2,(H2,17,21,22)(H2,18,19,20). The topological polar surface area (TPSA) is 101 Å². The van der Waals surface area contributed by atoms with Crippen molar-refractivity contribution in [2.24, 2.45) is 5.14 Å². The Hall–Kier alpha value is -1.93. The van der Waals surface area contributed by atoms with Crippen molar-refractivity contribution >= 4 is 21.7 Å². The molecule has 0 unspecified atom stereocenters. The molecule has 0 radical (unpaired) electrons. The van der Waals surface area contributed by atoms with E-state index in [2.05, 4.69) is 16.7 Å². The summed E-state index contributed by atoms with van der Waals surface area (Å²) in [7, 11) is -4.03. The number of carbonyl (C=O) groups is 1. The van der Waals surface area contributed by atoms with Crippen LogP contribution in [0.2, 0.25) is 0 Å². The molecule has 1 aliphatic rings. The molecule has 0 fully saturated rings. The van der Waals surface area contributed by atoms with Crippen LogP contribution in [-0.4, -0.2) is 21.0 Å². The lowest BCUT2D eigenvalue weighted by molar-refractivity contribution is 0.252. The van der Waals surface area contributed by atoms with Crippen molar-refractivity contribution in [3.63, 3.8) is 0 Å². The first-order valence-electron chi connectivity index (χ1n) is 7.41. The highest BCUT2D eigenvalue weighted by Crippen LogP contribution is 2.19. The van der Waals surface area contributed by atoms with Gasteiger partial charge in [-0.25, -0.2) is 22.7 Å². The van der Waals surface area contributed by atoms with E-state index in [1.54, 1.807) is 0 Å². The van der Waals surface area contributed by atoms with Crippen LogP contribution < -0.4 is 15.8 Å². The number of anilines is 1. The number of urea groups is 1. The van der Waals surface area contributed by atoms with Crippen molar-refractivity contribution in [1.29, 1.82) is 0 Å². The Kier molecular flexibility index (Phi) is 5.73. The van der Waals surface area contributed by atoms with E-state index >= 15 is 0 Å². The number of benzene rings is 1. The number of nitrogens with one attached hydrogen (secondary N) is 2. The molecule has 8 heteroatoms. The molecule has 0 saturated heterocycles. The summed E-state index contributed by atoms with van der Waals surface area (Å²) in [6, 6.07) is 2.42. The van der Waals surface area contributed by atoms with Crippen LogP contribution in [-0.2, 0) is 10.0 Å². The second kappa shape index (κ2) is 7.56. The number of carbonyl (C=O) groups excluding carboxylic acids is 1. The van der Waals surface area contributed by atoms with Gasteiger partial charge in [0.25, 0.3) is 0 Å². The van der Waals surface area contributed by atoms with Gasteiger partial charge in [-0.2, -0.15) is 0 Å². The molecule has 0 saturated carbocycles. The van der Waals surface area contributed by atoms with Crippen molar-refractivity contribution in [2.75, 3.05) is 11.9 Å². The molecule has 0 aliphatic heterocycles. The maximum Gasteiger partial charge on any atom is 0.319 e. The normalized spacial score (nSPS) is 15.0. The van der Waals surface area contributed by atoms with Gasteiger partial charge < -0.3 is 10.6 Å². The highest BCUT2D eigenvalue weighted by Gasteiger charge is 2.12. The molecule has 2 rings (SSSR count). The molecule has 0 atom stereocenters. The first kappa shape index (κ1) is 17.4. The number of hydrogen-bond donors (Lipinski definition) is 3. The van der Waals surface area contributed by atoms with E-state index in [9.17, 15) is 17.6 Å². The lowest BCUT2D eigenvalue weighted by atomic mass is 9.97. The average Bonchev–Trinajstić information content (AvgIpc) is 2.47. The molecule has 0 spiro atoms. The van der Waals surface area contributed by atoms with Gasteiger partial charge in [0.15, 0.2) is 0 Å². The summed E-state index contributed by atoms with van der Waals surface area (Å²) >= 11 is 0. The maximum atomic E-state index is 13.4. The van der Waals surface area contributed by atoms with Crippen molar-refractivity contribution in [1.82, 2.24) is 5.32 Å². The van der Waals surface area contributed by atoms with E-state index < -0.39 is 21.9 Å². The van der Waals surface area contributed by atoms with E-state index in [1.165, 1.54) is 18.4 Å². The van der Waals surface area contributed by atoms with Crippen LogP contribution in [0.3, 0.4) is 0 Å². The zero-order chi connectivity index (χ0) is 16.9. The average molecular weight is 341 g/mol. The number of halogens is 1. The van der Waals surface area contributed by atoms with Gasteiger partial charge in [0.1, 0.15) is 5.82 Å². The second-order valence-corrected chi connectivity index (χ2v) is 7.02. The molecule has 1 aromatic carbocycles. The molecule has 0 heterocycles. The largest absolute Gasteiger partial charge is 0.338 e. The van der Waals surface area contributed by atoms with Crippen LogP contribution in [0, 0.1) is 5.82 Å². The predicted molar refractivity (Wildman–Crippen MR) is 86.0 cm³/mol. The first-order chi connectivity index (χ1) is 10.8. The Labute approximate surface area is 135 Å². The molecule has 1 aromatic rings. The van der Waals surface area contributed by atoms with Gasteiger partial charge in [0.2, 0.25) is 10.0 Å². The Bertz CT molecular complexity index is 717. The van der Waals surface area contributed by atoms with E-state index in [-0.39, 0.29) is 10.6 Å². The highest BCUT2D eigenvalue weighted by atomic mass is 32.2. The minimum atomic E-state index is -4.03. The van der Waals surface area contributed by atoms with Gasteiger partial charge in [-0.05, 0) is 50.3 Å². The Balaban J connectivity index is 1.90. The number of hydrogen-bond acceptors (Lipinski definition) is 3. The first-order valence-corrected chi connectivity index (χ1v) is 8.95. The van der Waals surface area contributed by atoms with E-state index in [4.69, 9.17) is 5.14 Å². The number of allylic oxidation sites excluding steroid dienone is 1. The fourth-order valence-electron chi connectivity index (χ4n) is 2.44. The number of nitrogens with two attached hydrogens (primary N) is 1. The molecule has 1 aliphatic carbocycles. The monoisotopic (exact) mass is 341 g/mol. The second-order valence-electron chi connectivity index (χ2n) is 5.46. The molecule has 2 amide bonds. The summed E-state index contributed by atoms with van der Waals surface area (Å²) in [5.74, 6) is -0.792. The van der Waals surface area contributed by atoms with Gasteiger partial charge in [-0.1, -0.05) is 11.6 Å². The van der Waals surface area contributed by atoms with E-state index in [0.29, 0.717) is 6.54 Å². The summed E-state index contributed by atoms with van der Waals surface area (Å²) in [5.41, 5.74) is 1.36. The van der Waals surface area contributed by atoms with Crippen molar-refractivity contribution in [2.45, 2.75) is 37.0 Å². The van der Waals surface area contributed by atoms with Gasteiger partial charge >= 0.3 is 6.03 Å². The summed E-state index contributed by atoms with van der Waals surface area (Å²) < 4.78 is 35.9. The molecular weight excluding hydrogens is 321 g/mol. The predicted octanol–water partition coefficient (Wildman–Crippen LogP) is 2.49. The van der Waals surface area contributed by atoms with Gasteiger partial charge in [0.05, 0.1) is 4.90 Å². The third-order valence-corrected chi connectivity index (χ3v) is 4.47. The lowest BCUT2D eigenvalue weighted by Gasteiger charge is -2.13. The third-order valence-electron chi connectivity index (χ3n) is 3.57. The van der Waals surface area contributed by atoms with Crippen molar-refractivity contribution in [3.8, 4) is 0 Å². The van der Waals surface area contributed by atoms with Gasteiger partial charge in [-0.3, -0.25) is 0 Å². The third kappa shape index (κ3) is 5.65. The van der Waals surface area contributed by atoms with Crippen LogP contribution in [0.15, 0.2) is 34.7 Å². The SMILES string of the molecule is NS(=O)(=O)c1cc(F)cc(NC(=O)NCCC2=CCCCC2)c1. The quantitative estimate of drug-likeness (QED) is 0.717. The minimum absolute atomic E-state index is 0.0309. The summed E-state index contributed by atoms with van der Waals surface area (Å²) in [6.07, 6.45) is 7.51. The molecule has 0 bridgehead atoms. The maximum absolute atomic E-state index is 13.4. The zero-order valence-electron chi connectivity index (χ0n) is 12.6. The van der Waals surface area contributed by atoms with E-state index in [0.717, 1.165) is 37.5 Å². The van der Waals surface area contributed by atoms with Crippen LogP contribution in [0.25, 0.3) is 0 Å². The van der Waals surface area contributed by atoms with Crippen molar-refractivity contribution in [3.05, 3.63) is 35.7 Å². The molecular formula is C15H20FN3O3S. The number of sulfonamides is 1. The molecule has 4 N–H and O–H groups in total. The van der Waals surface area contributed by atoms with Crippen LogP contribution in [0.5, 0.6) is 0 Å². The fraction of sp³-hybridized carbons (Fsp3) is 0.400. The Morgan fingerprint density at radius 3 is 2.70 bits per heavy atom. The summed E-state index contributed by atoms with van der Waals surface area (Å²) in [5, 5.41) is 10.0. The van der Waals surface area contributed by atoms with Crippen molar-refractivity contribution < 1.29 is 17.6 Å². The Morgan fingerprint density at radius 1 is 1.26 bits per heavy atom. The smallest absolute Gasteiger partial charge is 0.319 e. The summed E-state index contributed by atoms with van der Waals surface area (Å²) in [6.45, 7) is 0.467. The fourth-order valence-corrected chi connectivity index (χ4v) is 3.01. The summed E-state index contributed by atoms with van der Waals surface area (Å²) in [4.78, 5) is 11.4. The number of rotatable bonds is 5. The molecule has 126 valence electrons. The van der Waals surface area contributed by atoms with Crippen LogP contribution >= 0.6 is 0 Å². The van der Waals surface area contributed by atoms with Crippen LogP contribution in [0.4, 0.5) is 14.9 Å². The molecule has 0 aromatic heterocycles. The van der Waals surface area contributed by atoms with Gasteiger partial charge in [-0.15, -0.1) is 0 Å². The number of primary sulfonamides is 1. The Morgan fingerprint density at radius 2 is 2.04 bits per heavy atom. The number of amides is 2. The highest BCUT2D eigenvalue weighted by molar-refractivity contribution is 7.89. The molecule has 6 nitrogen and oxygen atoms in total.